The zero-order chi connectivity index (χ0) is 24.6. The summed E-state index contributed by atoms with van der Waals surface area (Å²) >= 11 is 3.36. The quantitative estimate of drug-likeness (QED) is 0.103. The number of rotatable bonds is 5. The smallest absolute Gasteiger partial charge is 0.349 e. The molecule has 0 aromatic heterocycles. The molecule has 174 valence electrons. The predicted octanol–water partition coefficient (Wildman–Crippen LogP) is 5.75. The van der Waals surface area contributed by atoms with Gasteiger partial charge in [0.25, 0.3) is 0 Å². The molecular weight excluding hydrogens is 531 g/mol. The van der Waals surface area contributed by atoms with E-state index in [0.717, 1.165) is 4.47 Å². The summed E-state index contributed by atoms with van der Waals surface area (Å²) in [6.07, 6.45) is 1.52. The Morgan fingerprint density at radius 3 is 2.26 bits per heavy atom. The van der Waals surface area contributed by atoms with Crippen LogP contribution in [-0.2, 0) is 4.79 Å². The van der Waals surface area contributed by atoms with Crippen LogP contribution in [0.1, 0.15) is 15.9 Å². The van der Waals surface area contributed by atoms with Gasteiger partial charge < -0.3 is 14.2 Å². The molecule has 1 aliphatic heterocycles. The van der Waals surface area contributed by atoms with Gasteiger partial charge >= 0.3 is 5.97 Å². The summed E-state index contributed by atoms with van der Waals surface area (Å²) in [5, 5.41) is 0. The molecule has 3 aromatic carbocycles. The average Bonchev–Trinajstić information content (AvgIpc) is 3.12. The van der Waals surface area contributed by atoms with Crippen LogP contribution in [0.4, 0.5) is 22.0 Å². The van der Waals surface area contributed by atoms with Crippen LogP contribution in [0.25, 0.3) is 6.08 Å². The normalized spacial score (nSPS) is 13.6. The molecule has 0 saturated heterocycles. The second-order valence-corrected chi connectivity index (χ2v) is 7.64. The van der Waals surface area contributed by atoms with Gasteiger partial charge in [0, 0.05) is 10.5 Å². The van der Waals surface area contributed by atoms with Crippen molar-refractivity contribution in [2.75, 3.05) is 6.61 Å². The van der Waals surface area contributed by atoms with Crippen molar-refractivity contribution in [1.29, 1.82) is 0 Å². The van der Waals surface area contributed by atoms with Crippen molar-refractivity contribution < 1.29 is 45.8 Å². The zero-order valence-corrected chi connectivity index (χ0v) is 18.2. The molecule has 0 N–H and O–H groups in total. The highest BCUT2D eigenvalue weighted by Gasteiger charge is 2.29. The van der Waals surface area contributed by atoms with Crippen LogP contribution in [0.5, 0.6) is 17.2 Å². The van der Waals surface area contributed by atoms with Gasteiger partial charge in [-0.1, -0.05) is 34.1 Å². The second-order valence-electron chi connectivity index (χ2n) is 6.78. The van der Waals surface area contributed by atoms with E-state index in [1.165, 1.54) is 24.3 Å². The third-order valence-electron chi connectivity index (χ3n) is 4.57. The van der Waals surface area contributed by atoms with Crippen molar-refractivity contribution in [3.05, 3.63) is 92.9 Å². The molecule has 3 aromatic rings. The molecule has 0 fully saturated rings. The molecule has 0 unspecified atom stereocenters. The third-order valence-corrected chi connectivity index (χ3v) is 5.29. The monoisotopic (exact) mass is 540 g/mol. The molecule has 0 spiro atoms. The number of ketones is 1. The molecule has 1 heterocycles. The van der Waals surface area contributed by atoms with Crippen molar-refractivity contribution in [1.82, 2.24) is 0 Å². The lowest BCUT2D eigenvalue weighted by atomic mass is 10.1. The first-order chi connectivity index (χ1) is 16.2. The Kier molecular flexibility index (Phi) is 6.38. The molecule has 1 aliphatic rings. The Balaban J connectivity index is 1.46. The van der Waals surface area contributed by atoms with Gasteiger partial charge in [-0.2, -0.15) is 8.78 Å². The number of carbonyl (C=O) groups excluding carboxylic acids is 2. The number of carbonyl (C=O) groups is 2. The minimum atomic E-state index is -2.36. The summed E-state index contributed by atoms with van der Waals surface area (Å²) in [4.78, 5) is 24.5. The number of Topliss-reactive ketones (excluding diaryl/α,β-unsaturated/α-hetero) is 1. The molecule has 0 amide bonds. The average molecular weight is 541 g/mol. The minimum Gasteiger partial charge on any atom is -0.476 e. The number of benzene rings is 3. The van der Waals surface area contributed by atoms with Crippen LogP contribution in [0, 0.1) is 29.1 Å². The van der Waals surface area contributed by atoms with E-state index in [9.17, 15) is 31.5 Å². The molecule has 5 nitrogen and oxygen atoms in total. The summed E-state index contributed by atoms with van der Waals surface area (Å²) in [5.74, 6) is -14.5. The van der Waals surface area contributed by atoms with Gasteiger partial charge in [0.2, 0.25) is 34.9 Å². The van der Waals surface area contributed by atoms with E-state index in [4.69, 9.17) is 9.47 Å². The topological polar surface area (TPSA) is 61.8 Å². The fourth-order valence-electron chi connectivity index (χ4n) is 2.97. The molecule has 0 aliphatic carbocycles. The first-order valence-corrected chi connectivity index (χ1v) is 10.1. The van der Waals surface area contributed by atoms with Gasteiger partial charge in [0.05, 0.1) is 5.56 Å². The van der Waals surface area contributed by atoms with Crippen molar-refractivity contribution in [3.63, 3.8) is 0 Å². The van der Waals surface area contributed by atoms with E-state index in [-0.39, 0.29) is 22.8 Å². The first kappa shape index (κ1) is 23.4. The molecular formula is C23H10BrF5O5. The van der Waals surface area contributed by atoms with E-state index in [2.05, 4.69) is 20.7 Å². The number of halogens is 6. The van der Waals surface area contributed by atoms with Crippen LogP contribution in [-0.4, -0.2) is 18.4 Å². The van der Waals surface area contributed by atoms with Crippen LogP contribution >= 0.6 is 15.9 Å². The van der Waals surface area contributed by atoms with E-state index in [0.29, 0.717) is 5.56 Å². The van der Waals surface area contributed by atoms with Crippen LogP contribution in [0.2, 0.25) is 0 Å². The number of hydrogen-bond donors (Lipinski definition) is 0. The number of fused-ring (bicyclic) bond motifs is 1. The maximum absolute atomic E-state index is 13.6. The molecule has 0 saturated carbocycles. The number of allylic oxidation sites excluding steroid dienone is 1. The fraction of sp³-hybridized carbons (Fsp3) is 0.0435. The molecule has 0 radical (unpaired) electrons. The fourth-order valence-corrected chi connectivity index (χ4v) is 3.37. The third kappa shape index (κ3) is 4.38. The summed E-state index contributed by atoms with van der Waals surface area (Å²) in [6.45, 7) is -1.16. The van der Waals surface area contributed by atoms with Gasteiger partial charge in [-0.15, -0.1) is 0 Å². The molecule has 4 rings (SSSR count). The highest BCUT2D eigenvalue weighted by Crippen LogP contribution is 2.35. The van der Waals surface area contributed by atoms with Gasteiger partial charge in [0.1, 0.15) is 11.5 Å². The Bertz CT molecular complexity index is 1340. The van der Waals surface area contributed by atoms with Gasteiger partial charge in [-0.05, 0) is 29.8 Å². The lowest BCUT2D eigenvalue weighted by Gasteiger charge is -2.10. The van der Waals surface area contributed by atoms with E-state index in [1.807, 2.05) is 0 Å². The van der Waals surface area contributed by atoms with Gasteiger partial charge in [-0.3, -0.25) is 4.79 Å². The maximum Gasteiger partial charge on any atom is 0.349 e. The van der Waals surface area contributed by atoms with Crippen LogP contribution < -0.4 is 14.2 Å². The van der Waals surface area contributed by atoms with E-state index in [1.54, 1.807) is 24.3 Å². The summed E-state index contributed by atoms with van der Waals surface area (Å²) < 4.78 is 82.4. The number of esters is 1. The van der Waals surface area contributed by atoms with Crippen LogP contribution in [0.15, 0.2) is 52.7 Å². The van der Waals surface area contributed by atoms with Gasteiger partial charge in [0.15, 0.2) is 18.1 Å². The Morgan fingerprint density at radius 2 is 1.59 bits per heavy atom. The van der Waals surface area contributed by atoms with Crippen LogP contribution in [0.3, 0.4) is 0 Å². The second kappa shape index (κ2) is 9.26. The Labute approximate surface area is 196 Å². The van der Waals surface area contributed by atoms with Crippen molar-refractivity contribution in [2.24, 2.45) is 0 Å². The van der Waals surface area contributed by atoms with Crippen molar-refractivity contribution >= 4 is 33.8 Å². The Hall–Kier alpha value is -3.73. The number of ether oxygens (including phenoxy) is 3. The number of hydrogen-bond acceptors (Lipinski definition) is 5. The molecule has 0 bridgehead atoms. The van der Waals surface area contributed by atoms with E-state index >= 15 is 0 Å². The van der Waals surface area contributed by atoms with Crippen molar-refractivity contribution in [3.8, 4) is 17.2 Å². The standard InChI is InChI=1S/C23H10BrF5O5/c24-13-4-2-1-3-10(13)7-15-22(31)12-6-5-11(8-14(12)34-15)33-16(30)9-32-23-20(28)18(26)17(25)19(27)21(23)29/h1-8H,9H2/b15-7-. The van der Waals surface area contributed by atoms with Gasteiger partial charge in [-0.25, -0.2) is 18.0 Å². The lowest BCUT2D eigenvalue weighted by molar-refractivity contribution is -0.136. The van der Waals surface area contributed by atoms with Crippen molar-refractivity contribution in [2.45, 2.75) is 0 Å². The lowest BCUT2D eigenvalue weighted by Crippen LogP contribution is -2.19. The summed E-state index contributed by atoms with van der Waals surface area (Å²) in [5.41, 5.74) is 0.895. The highest BCUT2D eigenvalue weighted by molar-refractivity contribution is 9.10. The largest absolute Gasteiger partial charge is 0.476 e. The predicted molar refractivity (Wildman–Crippen MR) is 111 cm³/mol. The minimum absolute atomic E-state index is 0.0278. The summed E-state index contributed by atoms with van der Waals surface area (Å²) in [7, 11) is 0. The summed E-state index contributed by atoms with van der Waals surface area (Å²) in [6, 6.07) is 10.9. The van der Waals surface area contributed by atoms with E-state index < -0.39 is 53.2 Å². The highest BCUT2D eigenvalue weighted by atomic mass is 79.9. The first-order valence-electron chi connectivity index (χ1n) is 9.35. The molecule has 11 heteroatoms. The molecule has 0 atom stereocenters. The Morgan fingerprint density at radius 1 is 0.941 bits per heavy atom. The SMILES string of the molecule is O=C(COc1c(F)c(F)c(F)c(F)c1F)Oc1ccc2c(c1)O/C(=C\c1ccccc1Br)C2=O. The maximum atomic E-state index is 13.6. The zero-order valence-electron chi connectivity index (χ0n) is 16.6. The molecule has 34 heavy (non-hydrogen) atoms.